The van der Waals surface area contributed by atoms with Gasteiger partial charge in [-0.3, -0.25) is 9.78 Å². The number of rotatable bonds is 2. The highest BCUT2D eigenvalue weighted by Crippen LogP contribution is 2.21. The van der Waals surface area contributed by atoms with E-state index in [2.05, 4.69) is 10.3 Å². The number of halogens is 1. The molecule has 0 spiro atoms. The molecule has 1 fully saturated rings. The Morgan fingerprint density at radius 2 is 2.33 bits per heavy atom. The third kappa shape index (κ3) is 2.27. The lowest BCUT2D eigenvalue weighted by atomic mass is 9.89. The first-order valence-electron chi connectivity index (χ1n) is 4.75. The monoisotopic (exact) mass is 226 g/mol. The lowest BCUT2D eigenvalue weighted by Gasteiger charge is -2.31. The van der Waals surface area contributed by atoms with E-state index in [9.17, 15) is 4.79 Å². The molecule has 1 heterocycles. The van der Waals surface area contributed by atoms with E-state index in [1.807, 2.05) is 0 Å². The summed E-state index contributed by atoms with van der Waals surface area (Å²) in [5.41, 5.74) is 0.424. The van der Waals surface area contributed by atoms with Gasteiger partial charge in [0.05, 0.1) is 16.7 Å². The molecule has 1 aromatic rings. The quantitative estimate of drug-likeness (QED) is 0.791. The van der Waals surface area contributed by atoms with Crippen LogP contribution in [0.15, 0.2) is 18.5 Å². The van der Waals surface area contributed by atoms with Crippen LogP contribution in [-0.2, 0) is 0 Å². The van der Waals surface area contributed by atoms with Gasteiger partial charge in [0.25, 0.3) is 5.91 Å². The van der Waals surface area contributed by atoms with E-state index in [0.29, 0.717) is 23.4 Å². The minimum absolute atomic E-state index is 0.0664. The van der Waals surface area contributed by atoms with Gasteiger partial charge in [-0.2, -0.15) is 0 Å². The van der Waals surface area contributed by atoms with E-state index in [0.717, 1.165) is 0 Å². The maximum absolute atomic E-state index is 11.7. The second-order valence-corrected chi connectivity index (χ2v) is 4.06. The Balaban J connectivity index is 1.99. The summed E-state index contributed by atoms with van der Waals surface area (Å²) in [6, 6.07) is 1.64. The first kappa shape index (κ1) is 10.4. The van der Waals surface area contributed by atoms with E-state index in [-0.39, 0.29) is 18.1 Å². The SMILES string of the molecule is O=C(NC1CC(O)C1)c1ccncc1Cl. The van der Waals surface area contributed by atoms with Crippen LogP contribution in [0, 0.1) is 0 Å². The van der Waals surface area contributed by atoms with Crippen LogP contribution in [0.2, 0.25) is 5.02 Å². The van der Waals surface area contributed by atoms with E-state index in [1.54, 1.807) is 6.07 Å². The number of amides is 1. The predicted molar refractivity (Wildman–Crippen MR) is 55.7 cm³/mol. The molecular formula is C10H11ClN2O2. The van der Waals surface area contributed by atoms with Gasteiger partial charge in [0.2, 0.25) is 0 Å². The molecule has 0 bridgehead atoms. The molecule has 1 aromatic heterocycles. The molecule has 2 rings (SSSR count). The van der Waals surface area contributed by atoms with Gasteiger partial charge in [-0.25, -0.2) is 0 Å². The maximum atomic E-state index is 11.7. The third-order valence-electron chi connectivity index (χ3n) is 2.47. The second-order valence-electron chi connectivity index (χ2n) is 3.65. The topological polar surface area (TPSA) is 62.2 Å². The van der Waals surface area contributed by atoms with Gasteiger partial charge in [-0.15, -0.1) is 0 Å². The van der Waals surface area contributed by atoms with Gasteiger partial charge >= 0.3 is 0 Å². The van der Waals surface area contributed by atoms with Crippen molar-refractivity contribution in [3.63, 3.8) is 0 Å². The highest BCUT2D eigenvalue weighted by Gasteiger charge is 2.28. The molecule has 4 nitrogen and oxygen atoms in total. The van der Waals surface area contributed by atoms with Gasteiger partial charge in [-0.1, -0.05) is 11.6 Å². The molecule has 0 unspecified atom stereocenters. The summed E-state index contributed by atoms with van der Waals surface area (Å²) < 4.78 is 0. The molecule has 1 aliphatic rings. The third-order valence-corrected chi connectivity index (χ3v) is 2.77. The van der Waals surface area contributed by atoms with Crippen LogP contribution >= 0.6 is 11.6 Å². The van der Waals surface area contributed by atoms with Crippen molar-refractivity contribution in [1.29, 1.82) is 0 Å². The Hall–Kier alpha value is -1.13. The van der Waals surface area contributed by atoms with Crippen molar-refractivity contribution in [2.24, 2.45) is 0 Å². The fourth-order valence-corrected chi connectivity index (χ4v) is 1.73. The van der Waals surface area contributed by atoms with Gasteiger partial charge in [0.1, 0.15) is 0 Å². The molecule has 15 heavy (non-hydrogen) atoms. The van der Waals surface area contributed by atoms with Crippen molar-refractivity contribution in [2.75, 3.05) is 0 Å². The van der Waals surface area contributed by atoms with Crippen molar-refractivity contribution in [2.45, 2.75) is 25.0 Å². The molecule has 0 radical (unpaired) electrons. The zero-order chi connectivity index (χ0) is 10.8. The molecule has 1 saturated carbocycles. The van der Waals surface area contributed by atoms with Crippen molar-refractivity contribution in [1.82, 2.24) is 10.3 Å². The number of carbonyl (C=O) groups excluding carboxylic acids is 1. The van der Waals surface area contributed by atoms with Crippen LogP contribution in [-0.4, -0.2) is 28.1 Å². The number of hydrogen-bond acceptors (Lipinski definition) is 3. The number of carbonyl (C=O) groups is 1. The minimum Gasteiger partial charge on any atom is -0.393 e. The van der Waals surface area contributed by atoms with Gasteiger partial charge in [-0.05, 0) is 18.9 Å². The summed E-state index contributed by atoms with van der Waals surface area (Å²) in [4.78, 5) is 15.5. The van der Waals surface area contributed by atoms with Crippen molar-refractivity contribution >= 4 is 17.5 Å². The Bertz CT molecular complexity index is 377. The minimum atomic E-state index is -0.275. The molecule has 2 N–H and O–H groups in total. The van der Waals surface area contributed by atoms with E-state index in [1.165, 1.54) is 12.4 Å². The van der Waals surface area contributed by atoms with Crippen LogP contribution in [0.4, 0.5) is 0 Å². The van der Waals surface area contributed by atoms with Crippen LogP contribution in [0.5, 0.6) is 0 Å². The predicted octanol–water partition coefficient (Wildman–Crippen LogP) is 0.988. The van der Waals surface area contributed by atoms with E-state index >= 15 is 0 Å². The van der Waals surface area contributed by atoms with Gasteiger partial charge in [0, 0.05) is 18.4 Å². The standard InChI is InChI=1S/C10H11ClN2O2/c11-9-5-12-2-1-8(9)10(15)13-6-3-7(14)4-6/h1-2,5-7,14H,3-4H2,(H,13,15). The zero-order valence-corrected chi connectivity index (χ0v) is 8.74. The highest BCUT2D eigenvalue weighted by atomic mass is 35.5. The summed E-state index contributed by atoms with van der Waals surface area (Å²) in [5, 5.41) is 12.2. The molecule has 80 valence electrons. The fourth-order valence-electron chi connectivity index (χ4n) is 1.53. The molecule has 0 saturated heterocycles. The zero-order valence-electron chi connectivity index (χ0n) is 7.98. The van der Waals surface area contributed by atoms with E-state index < -0.39 is 0 Å². The summed E-state index contributed by atoms with van der Waals surface area (Å²) in [5.74, 6) is -0.209. The van der Waals surface area contributed by atoms with Gasteiger partial charge < -0.3 is 10.4 Å². The number of nitrogens with one attached hydrogen (secondary N) is 1. The summed E-state index contributed by atoms with van der Waals surface area (Å²) >= 11 is 5.82. The molecule has 0 aromatic carbocycles. The lowest BCUT2D eigenvalue weighted by Crippen LogP contribution is -2.46. The van der Waals surface area contributed by atoms with Crippen molar-refractivity contribution in [3.05, 3.63) is 29.0 Å². The Morgan fingerprint density at radius 3 is 2.93 bits per heavy atom. The second kappa shape index (κ2) is 4.16. The van der Waals surface area contributed by atoms with Gasteiger partial charge in [0.15, 0.2) is 0 Å². The fraction of sp³-hybridized carbons (Fsp3) is 0.400. The number of aliphatic hydroxyl groups excluding tert-OH is 1. The molecule has 5 heteroatoms. The molecule has 1 amide bonds. The Morgan fingerprint density at radius 1 is 1.60 bits per heavy atom. The lowest BCUT2D eigenvalue weighted by molar-refractivity contribution is 0.0563. The first-order valence-corrected chi connectivity index (χ1v) is 5.13. The number of aliphatic hydroxyl groups is 1. The largest absolute Gasteiger partial charge is 0.393 e. The number of pyridine rings is 1. The van der Waals surface area contributed by atoms with Crippen LogP contribution in [0.1, 0.15) is 23.2 Å². The number of hydrogen-bond donors (Lipinski definition) is 2. The smallest absolute Gasteiger partial charge is 0.253 e. The normalized spacial score (nSPS) is 24.4. The Kier molecular flexibility index (Phi) is 2.88. The van der Waals surface area contributed by atoms with Crippen molar-refractivity contribution in [3.8, 4) is 0 Å². The molecule has 0 atom stereocenters. The van der Waals surface area contributed by atoms with Crippen LogP contribution < -0.4 is 5.32 Å². The van der Waals surface area contributed by atoms with Crippen LogP contribution in [0.25, 0.3) is 0 Å². The van der Waals surface area contributed by atoms with E-state index in [4.69, 9.17) is 16.7 Å². The summed E-state index contributed by atoms with van der Waals surface area (Å²) in [7, 11) is 0. The summed E-state index contributed by atoms with van der Waals surface area (Å²) in [6.07, 6.45) is 3.92. The van der Waals surface area contributed by atoms with Crippen LogP contribution in [0.3, 0.4) is 0 Å². The number of aromatic nitrogens is 1. The average Bonchev–Trinajstić information content (AvgIpc) is 2.16. The average molecular weight is 227 g/mol. The number of nitrogens with zero attached hydrogens (tertiary/aromatic N) is 1. The van der Waals surface area contributed by atoms with Crippen molar-refractivity contribution < 1.29 is 9.90 Å². The highest BCUT2D eigenvalue weighted by molar-refractivity contribution is 6.33. The summed E-state index contributed by atoms with van der Waals surface area (Å²) in [6.45, 7) is 0. The molecule has 0 aliphatic heterocycles. The molecule has 1 aliphatic carbocycles. The molecular weight excluding hydrogens is 216 g/mol. The first-order chi connectivity index (χ1) is 7.16. The Labute approximate surface area is 92.3 Å². The maximum Gasteiger partial charge on any atom is 0.253 e.